The Morgan fingerprint density at radius 1 is 1.29 bits per heavy atom. The summed E-state index contributed by atoms with van der Waals surface area (Å²) >= 11 is 0. The van der Waals surface area contributed by atoms with Crippen LogP contribution in [0.5, 0.6) is 5.75 Å². The van der Waals surface area contributed by atoms with Crippen LogP contribution in [0.2, 0.25) is 0 Å². The minimum absolute atomic E-state index is 0.253. The van der Waals surface area contributed by atoms with Gasteiger partial charge in [-0.2, -0.15) is 0 Å². The van der Waals surface area contributed by atoms with Crippen molar-refractivity contribution in [1.82, 2.24) is 5.43 Å². The molecule has 0 saturated heterocycles. The second-order valence-corrected chi connectivity index (χ2v) is 3.38. The molecule has 0 unspecified atom stereocenters. The number of rotatable bonds is 6. The van der Waals surface area contributed by atoms with E-state index in [4.69, 9.17) is 16.3 Å². The average Bonchev–Trinajstić information content (AvgIpc) is 2.34. The van der Waals surface area contributed by atoms with Gasteiger partial charge in [0.25, 0.3) is 5.91 Å². The second-order valence-electron chi connectivity index (χ2n) is 3.38. The molecule has 0 heterocycles. The molecule has 0 aliphatic carbocycles. The predicted octanol–water partition coefficient (Wildman–Crippen LogP) is -0.0656. The van der Waals surface area contributed by atoms with Crippen LogP contribution in [-0.4, -0.2) is 18.4 Å². The molecule has 0 fully saturated rings. The molecule has 1 aromatic carbocycles. The fourth-order valence-electron chi connectivity index (χ4n) is 1.28. The van der Waals surface area contributed by atoms with Crippen molar-refractivity contribution in [1.29, 1.82) is 0 Å². The van der Waals surface area contributed by atoms with Gasteiger partial charge in [-0.15, -0.1) is 0 Å². The van der Waals surface area contributed by atoms with Gasteiger partial charge in [-0.05, 0) is 18.6 Å². The number of benzene rings is 1. The number of para-hydroxylation sites is 1. The summed E-state index contributed by atoms with van der Waals surface area (Å²) in [6.07, 6.45) is 0.783. The molecule has 0 spiro atoms. The Labute approximate surface area is 98.9 Å². The van der Waals surface area contributed by atoms with E-state index in [1.807, 2.05) is 5.43 Å². The van der Waals surface area contributed by atoms with Crippen LogP contribution >= 0.6 is 0 Å². The van der Waals surface area contributed by atoms with Crippen molar-refractivity contribution in [2.24, 2.45) is 11.6 Å². The summed E-state index contributed by atoms with van der Waals surface area (Å²) in [6.45, 7) is 0.317. The Morgan fingerprint density at radius 3 is 2.65 bits per heavy atom. The molecule has 0 atom stereocenters. The van der Waals surface area contributed by atoms with Crippen LogP contribution in [0.25, 0.3) is 0 Å². The van der Waals surface area contributed by atoms with Gasteiger partial charge in [-0.3, -0.25) is 15.0 Å². The number of carbonyl (C=O) groups excluding carboxylic acids is 2. The van der Waals surface area contributed by atoms with Crippen molar-refractivity contribution in [2.45, 2.75) is 12.8 Å². The summed E-state index contributed by atoms with van der Waals surface area (Å²) in [4.78, 5) is 21.9. The fraction of sp³-hybridized carbons (Fsp3) is 0.273. The number of hydrazine groups is 1. The lowest BCUT2D eigenvalue weighted by molar-refractivity contribution is -0.121. The molecule has 6 heteroatoms. The van der Waals surface area contributed by atoms with Gasteiger partial charge in [-0.25, -0.2) is 5.84 Å². The van der Waals surface area contributed by atoms with Crippen LogP contribution < -0.4 is 21.7 Å². The number of amides is 2. The van der Waals surface area contributed by atoms with Gasteiger partial charge in [0.05, 0.1) is 12.2 Å². The van der Waals surface area contributed by atoms with E-state index in [1.165, 1.54) is 0 Å². The first-order valence-electron chi connectivity index (χ1n) is 5.16. The third-order valence-electron chi connectivity index (χ3n) is 2.12. The molecule has 0 saturated carbocycles. The number of carbonyl (C=O) groups is 2. The average molecular weight is 237 g/mol. The molecule has 0 bridgehead atoms. The highest BCUT2D eigenvalue weighted by Crippen LogP contribution is 2.17. The Morgan fingerprint density at radius 2 is 2.00 bits per heavy atom. The summed E-state index contributed by atoms with van der Waals surface area (Å²) in [6, 6.07) is 6.69. The third kappa shape index (κ3) is 4.12. The third-order valence-corrected chi connectivity index (χ3v) is 2.12. The van der Waals surface area contributed by atoms with Crippen LogP contribution in [0.1, 0.15) is 23.2 Å². The largest absolute Gasteiger partial charge is 0.493 e. The number of hydrogen-bond acceptors (Lipinski definition) is 4. The molecular formula is C11H15N3O3. The number of nitrogens with two attached hydrogens (primary N) is 2. The van der Waals surface area contributed by atoms with Crippen molar-refractivity contribution in [3.63, 3.8) is 0 Å². The maximum Gasteiger partial charge on any atom is 0.252 e. The van der Waals surface area contributed by atoms with Crippen molar-refractivity contribution in [2.75, 3.05) is 6.61 Å². The normalized spacial score (nSPS) is 9.71. The first-order valence-corrected chi connectivity index (χ1v) is 5.16. The molecule has 0 aliphatic heterocycles. The Balaban J connectivity index is 2.46. The minimum atomic E-state index is -0.541. The quantitative estimate of drug-likeness (QED) is 0.278. The van der Waals surface area contributed by atoms with Crippen molar-refractivity contribution >= 4 is 11.8 Å². The topological polar surface area (TPSA) is 107 Å². The molecule has 17 heavy (non-hydrogen) atoms. The molecule has 0 radical (unpaired) electrons. The Bertz CT molecular complexity index is 407. The highest BCUT2D eigenvalue weighted by Gasteiger charge is 2.08. The lowest BCUT2D eigenvalue weighted by Crippen LogP contribution is -2.30. The SMILES string of the molecule is NNC(=O)CCCOc1ccccc1C(N)=O. The number of nitrogens with one attached hydrogen (secondary N) is 1. The second kappa shape index (κ2) is 6.49. The van der Waals surface area contributed by atoms with Crippen LogP contribution in [-0.2, 0) is 4.79 Å². The zero-order valence-corrected chi connectivity index (χ0v) is 9.31. The van der Waals surface area contributed by atoms with Gasteiger partial charge in [0.1, 0.15) is 5.75 Å². The molecule has 2 amide bonds. The summed E-state index contributed by atoms with van der Waals surface area (Å²) in [7, 11) is 0. The van der Waals surface area contributed by atoms with Gasteiger partial charge in [0, 0.05) is 6.42 Å². The number of hydrogen-bond donors (Lipinski definition) is 3. The van der Waals surface area contributed by atoms with E-state index in [0.717, 1.165) is 0 Å². The zero-order chi connectivity index (χ0) is 12.7. The lowest BCUT2D eigenvalue weighted by atomic mass is 10.2. The number of ether oxygens (including phenoxy) is 1. The van der Waals surface area contributed by atoms with E-state index in [2.05, 4.69) is 0 Å². The van der Waals surface area contributed by atoms with E-state index >= 15 is 0 Å². The first kappa shape index (κ1) is 13.0. The molecule has 0 aliphatic rings. The maximum atomic E-state index is 11.1. The summed E-state index contributed by atoms with van der Waals surface area (Å²) < 4.78 is 5.37. The van der Waals surface area contributed by atoms with E-state index in [1.54, 1.807) is 24.3 Å². The standard InChI is InChI=1S/C11H15N3O3/c12-11(16)8-4-1-2-5-9(8)17-7-3-6-10(15)14-13/h1-2,4-5H,3,6-7,13H2,(H2,12,16)(H,14,15). The monoisotopic (exact) mass is 237 g/mol. The van der Waals surface area contributed by atoms with E-state index in [0.29, 0.717) is 24.3 Å². The van der Waals surface area contributed by atoms with E-state index in [9.17, 15) is 9.59 Å². The molecule has 6 nitrogen and oxygen atoms in total. The van der Waals surface area contributed by atoms with Crippen LogP contribution in [0, 0.1) is 0 Å². The van der Waals surface area contributed by atoms with Gasteiger partial charge in [-0.1, -0.05) is 12.1 Å². The predicted molar refractivity (Wildman–Crippen MR) is 62.0 cm³/mol. The zero-order valence-electron chi connectivity index (χ0n) is 9.31. The minimum Gasteiger partial charge on any atom is -0.493 e. The molecule has 0 aromatic heterocycles. The van der Waals surface area contributed by atoms with Crippen molar-refractivity contribution < 1.29 is 14.3 Å². The van der Waals surface area contributed by atoms with Crippen molar-refractivity contribution in [3.8, 4) is 5.75 Å². The van der Waals surface area contributed by atoms with Gasteiger partial charge < -0.3 is 10.5 Å². The fourth-order valence-corrected chi connectivity index (χ4v) is 1.28. The van der Waals surface area contributed by atoms with Crippen LogP contribution in [0.15, 0.2) is 24.3 Å². The summed E-state index contributed by atoms with van der Waals surface area (Å²) in [5.41, 5.74) is 7.54. The molecule has 1 aromatic rings. The Hall–Kier alpha value is -2.08. The van der Waals surface area contributed by atoms with E-state index < -0.39 is 5.91 Å². The highest BCUT2D eigenvalue weighted by atomic mass is 16.5. The lowest BCUT2D eigenvalue weighted by Gasteiger charge is -2.08. The Kier molecular flexibility index (Phi) is 4.96. The molecular weight excluding hydrogens is 222 g/mol. The summed E-state index contributed by atoms with van der Waals surface area (Å²) in [5, 5.41) is 0. The van der Waals surface area contributed by atoms with Gasteiger partial charge in [0.2, 0.25) is 5.91 Å². The van der Waals surface area contributed by atoms with Crippen LogP contribution in [0.4, 0.5) is 0 Å². The van der Waals surface area contributed by atoms with Crippen LogP contribution in [0.3, 0.4) is 0 Å². The molecule has 1 rings (SSSR count). The number of primary amides is 1. The summed E-state index contributed by atoms with van der Waals surface area (Å²) in [5.74, 6) is 4.56. The highest BCUT2D eigenvalue weighted by molar-refractivity contribution is 5.95. The van der Waals surface area contributed by atoms with E-state index in [-0.39, 0.29) is 12.3 Å². The van der Waals surface area contributed by atoms with Gasteiger partial charge in [0.15, 0.2) is 0 Å². The first-order chi connectivity index (χ1) is 8.15. The van der Waals surface area contributed by atoms with Gasteiger partial charge >= 0.3 is 0 Å². The molecule has 92 valence electrons. The maximum absolute atomic E-state index is 11.1. The smallest absolute Gasteiger partial charge is 0.252 e. The van der Waals surface area contributed by atoms with Crippen molar-refractivity contribution in [3.05, 3.63) is 29.8 Å². The molecule has 5 N–H and O–H groups in total.